The van der Waals surface area contributed by atoms with Crippen molar-refractivity contribution in [1.29, 1.82) is 0 Å². The van der Waals surface area contributed by atoms with E-state index < -0.39 is 0 Å². The highest BCUT2D eigenvalue weighted by molar-refractivity contribution is 5.93. The summed E-state index contributed by atoms with van der Waals surface area (Å²) in [6.45, 7) is 3.73. The maximum atomic E-state index is 11.6. The van der Waals surface area contributed by atoms with Gasteiger partial charge in [-0.1, -0.05) is 5.21 Å². The van der Waals surface area contributed by atoms with Crippen molar-refractivity contribution >= 4 is 5.91 Å². The molecule has 0 unspecified atom stereocenters. The van der Waals surface area contributed by atoms with Crippen LogP contribution in [0.25, 0.3) is 0 Å². The molecule has 0 saturated carbocycles. The second-order valence-corrected chi connectivity index (χ2v) is 3.34. The van der Waals surface area contributed by atoms with E-state index in [4.69, 9.17) is 0 Å². The predicted molar refractivity (Wildman–Crippen MR) is 51.6 cm³/mol. The van der Waals surface area contributed by atoms with Gasteiger partial charge in [-0.25, -0.2) is 0 Å². The number of aromatic nitrogens is 4. The number of carbonyl (C=O) groups is 1. The summed E-state index contributed by atoms with van der Waals surface area (Å²) in [6.07, 6.45) is 0. The van der Waals surface area contributed by atoms with E-state index >= 15 is 0 Å². The standard InChI is InChI=1S/C8H12N6O/c1-5(6-2-9-3-6)8(15)10-4-7-11-13-14-12-7/h9H,2-4H2,1H3,(H,10,15)(H,11,12,13,14). The average Bonchev–Trinajstić information content (AvgIpc) is 2.63. The fraction of sp³-hybridized carbons (Fsp3) is 0.500. The van der Waals surface area contributed by atoms with Gasteiger partial charge in [-0.3, -0.25) is 4.79 Å². The van der Waals surface area contributed by atoms with Crippen LogP contribution in [-0.2, 0) is 11.3 Å². The second kappa shape index (κ2) is 4.18. The van der Waals surface area contributed by atoms with E-state index in [9.17, 15) is 4.79 Å². The molecule has 15 heavy (non-hydrogen) atoms. The first kappa shape index (κ1) is 9.78. The molecule has 7 heteroatoms. The lowest BCUT2D eigenvalue weighted by Gasteiger charge is -2.21. The molecule has 1 saturated heterocycles. The third-order valence-electron chi connectivity index (χ3n) is 2.34. The lowest BCUT2D eigenvalue weighted by atomic mass is 10.0. The number of amides is 1. The molecule has 2 rings (SSSR count). The SMILES string of the molecule is CC(C(=O)NCc1nn[nH]n1)=C1CNC1. The van der Waals surface area contributed by atoms with Gasteiger partial charge in [0.15, 0.2) is 5.82 Å². The highest BCUT2D eigenvalue weighted by atomic mass is 16.1. The molecule has 1 aliphatic heterocycles. The molecule has 1 aromatic heterocycles. The van der Waals surface area contributed by atoms with Crippen LogP contribution >= 0.6 is 0 Å². The second-order valence-electron chi connectivity index (χ2n) is 3.34. The molecule has 7 nitrogen and oxygen atoms in total. The molecule has 0 spiro atoms. The lowest BCUT2D eigenvalue weighted by Crippen LogP contribution is -2.37. The summed E-state index contributed by atoms with van der Waals surface area (Å²) in [4.78, 5) is 11.6. The third-order valence-corrected chi connectivity index (χ3v) is 2.34. The van der Waals surface area contributed by atoms with Crippen LogP contribution in [0.15, 0.2) is 11.1 Å². The van der Waals surface area contributed by atoms with E-state index in [1.807, 2.05) is 6.92 Å². The summed E-state index contributed by atoms with van der Waals surface area (Å²) in [7, 11) is 0. The number of tetrazole rings is 1. The number of hydrogen-bond donors (Lipinski definition) is 3. The van der Waals surface area contributed by atoms with Gasteiger partial charge in [-0.15, -0.1) is 10.2 Å². The molecule has 0 atom stereocenters. The zero-order valence-electron chi connectivity index (χ0n) is 8.37. The summed E-state index contributed by atoms with van der Waals surface area (Å²) in [5, 5.41) is 19.0. The fourth-order valence-electron chi connectivity index (χ4n) is 1.23. The minimum atomic E-state index is -0.0729. The Bertz CT molecular complexity index is 376. The molecule has 0 aromatic carbocycles. The van der Waals surface area contributed by atoms with Crippen LogP contribution in [0.2, 0.25) is 0 Å². The summed E-state index contributed by atoms with van der Waals surface area (Å²) >= 11 is 0. The van der Waals surface area contributed by atoms with Crippen molar-refractivity contribution in [3.8, 4) is 0 Å². The van der Waals surface area contributed by atoms with Gasteiger partial charge in [0.05, 0.1) is 6.54 Å². The number of H-pyrrole nitrogens is 1. The number of hydrogen-bond acceptors (Lipinski definition) is 5. The van der Waals surface area contributed by atoms with Gasteiger partial charge in [0.1, 0.15) is 0 Å². The van der Waals surface area contributed by atoms with Crippen molar-refractivity contribution in [3.05, 3.63) is 17.0 Å². The quantitative estimate of drug-likeness (QED) is 0.539. The first-order chi connectivity index (χ1) is 7.27. The van der Waals surface area contributed by atoms with Gasteiger partial charge in [-0.2, -0.15) is 5.21 Å². The Hall–Kier alpha value is -1.76. The monoisotopic (exact) mass is 208 g/mol. The van der Waals surface area contributed by atoms with Gasteiger partial charge < -0.3 is 10.6 Å². The molecule has 1 aromatic rings. The summed E-state index contributed by atoms with van der Waals surface area (Å²) in [5.74, 6) is 0.407. The van der Waals surface area contributed by atoms with E-state index in [-0.39, 0.29) is 5.91 Å². The number of nitrogens with one attached hydrogen (secondary N) is 3. The average molecular weight is 208 g/mol. The van der Waals surface area contributed by atoms with Crippen LogP contribution in [0.1, 0.15) is 12.7 Å². The Kier molecular flexibility index (Phi) is 2.72. The number of nitrogens with zero attached hydrogens (tertiary/aromatic N) is 3. The third kappa shape index (κ3) is 2.18. The highest BCUT2D eigenvalue weighted by Gasteiger charge is 2.15. The van der Waals surface area contributed by atoms with E-state index in [1.54, 1.807) is 0 Å². The molecular weight excluding hydrogens is 196 g/mol. The molecule has 0 radical (unpaired) electrons. The Morgan fingerprint density at radius 2 is 2.33 bits per heavy atom. The van der Waals surface area contributed by atoms with Crippen LogP contribution in [0.5, 0.6) is 0 Å². The summed E-state index contributed by atoms with van der Waals surface area (Å²) in [6, 6.07) is 0. The van der Waals surface area contributed by atoms with E-state index in [1.165, 1.54) is 0 Å². The molecule has 1 amide bonds. The molecule has 0 aliphatic carbocycles. The van der Waals surface area contributed by atoms with Crippen LogP contribution in [0.4, 0.5) is 0 Å². The number of carbonyl (C=O) groups excluding carboxylic acids is 1. The van der Waals surface area contributed by atoms with Gasteiger partial charge in [-0.05, 0) is 12.5 Å². The molecule has 1 aliphatic rings. The Morgan fingerprint density at radius 3 is 2.87 bits per heavy atom. The van der Waals surface area contributed by atoms with Crippen LogP contribution in [0, 0.1) is 0 Å². The molecule has 3 N–H and O–H groups in total. The minimum absolute atomic E-state index is 0.0729. The van der Waals surface area contributed by atoms with Crippen LogP contribution < -0.4 is 10.6 Å². The van der Waals surface area contributed by atoms with E-state index in [2.05, 4.69) is 31.3 Å². The normalized spacial score (nSPS) is 14.6. The first-order valence-electron chi connectivity index (χ1n) is 4.67. The van der Waals surface area contributed by atoms with Gasteiger partial charge in [0.25, 0.3) is 0 Å². The Morgan fingerprint density at radius 1 is 1.53 bits per heavy atom. The van der Waals surface area contributed by atoms with Crippen LogP contribution in [-0.4, -0.2) is 39.6 Å². The Balaban J connectivity index is 1.87. The largest absolute Gasteiger partial charge is 0.345 e. The zero-order chi connectivity index (χ0) is 10.7. The van der Waals surface area contributed by atoms with Crippen molar-refractivity contribution < 1.29 is 4.79 Å². The summed E-state index contributed by atoms with van der Waals surface area (Å²) in [5.41, 5.74) is 1.93. The van der Waals surface area contributed by atoms with Crippen molar-refractivity contribution in [3.63, 3.8) is 0 Å². The predicted octanol–water partition coefficient (Wildman–Crippen LogP) is -1.26. The van der Waals surface area contributed by atoms with Crippen LogP contribution in [0.3, 0.4) is 0 Å². The van der Waals surface area contributed by atoms with Gasteiger partial charge >= 0.3 is 0 Å². The first-order valence-corrected chi connectivity index (χ1v) is 4.67. The number of aromatic amines is 1. The topological polar surface area (TPSA) is 95.6 Å². The van der Waals surface area contributed by atoms with Crippen molar-refractivity contribution in [2.45, 2.75) is 13.5 Å². The zero-order valence-corrected chi connectivity index (χ0v) is 8.37. The maximum Gasteiger partial charge on any atom is 0.247 e. The van der Waals surface area contributed by atoms with Gasteiger partial charge in [0.2, 0.25) is 5.91 Å². The minimum Gasteiger partial charge on any atom is -0.345 e. The lowest BCUT2D eigenvalue weighted by molar-refractivity contribution is -0.117. The highest BCUT2D eigenvalue weighted by Crippen LogP contribution is 2.08. The molecule has 1 fully saturated rings. The number of rotatable bonds is 3. The van der Waals surface area contributed by atoms with Crippen molar-refractivity contribution in [1.82, 2.24) is 31.3 Å². The van der Waals surface area contributed by atoms with Crippen molar-refractivity contribution in [2.75, 3.05) is 13.1 Å². The smallest absolute Gasteiger partial charge is 0.247 e. The Labute approximate surface area is 86.3 Å². The molecule has 0 bridgehead atoms. The van der Waals surface area contributed by atoms with Crippen molar-refractivity contribution in [2.24, 2.45) is 0 Å². The fourth-order valence-corrected chi connectivity index (χ4v) is 1.23. The maximum absolute atomic E-state index is 11.6. The molecule has 2 heterocycles. The molecule has 80 valence electrons. The van der Waals surface area contributed by atoms with E-state index in [0.29, 0.717) is 12.4 Å². The molecular formula is C8H12N6O. The van der Waals surface area contributed by atoms with E-state index in [0.717, 1.165) is 24.2 Å². The summed E-state index contributed by atoms with van der Waals surface area (Å²) < 4.78 is 0. The van der Waals surface area contributed by atoms with Gasteiger partial charge in [0, 0.05) is 18.7 Å².